The number of anilines is 1. The van der Waals surface area contributed by atoms with Crippen LogP contribution >= 0.6 is 11.6 Å². The van der Waals surface area contributed by atoms with Gasteiger partial charge in [0.25, 0.3) is 0 Å². The number of hydrogen-bond donors (Lipinski definition) is 0. The third-order valence-electron chi connectivity index (χ3n) is 7.98. The number of morpholine rings is 1. The Morgan fingerprint density at radius 2 is 1.71 bits per heavy atom. The van der Waals surface area contributed by atoms with Gasteiger partial charge in [-0.1, -0.05) is 37.6 Å². The topological polar surface area (TPSA) is 53.1 Å². The minimum absolute atomic E-state index is 0.101. The molecule has 0 N–H and O–H groups in total. The number of piperidine rings is 1. The lowest BCUT2D eigenvalue weighted by Crippen LogP contribution is -2.49. The van der Waals surface area contributed by atoms with Crippen molar-refractivity contribution in [3.8, 4) is 0 Å². The quantitative estimate of drug-likeness (QED) is 0.597. The van der Waals surface area contributed by atoms with Gasteiger partial charge in [0, 0.05) is 56.0 Å². The van der Waals surface area contributed by atoms with Crippen LogP contribution in [0.1, 0.15) is 44.2 Å². The number of halogens is 1. The number of fused-ring (bicyclic) bond motifs is 1. The molecule has 0 amide bonds. The van der Waals surface area contributed by atoms with Crippen molar-refractivity contribution >= 4 is 27.3 Å². The van der Waals surface area contributed by atoms with Crippen molar-refractivity contribution in [2.24, 2.45) is 0 Å². The average molecular weight is 518 g/mol. The van der Waals surface area contributed by atoms with Crippen LogP contribution in [-0.2, 0) is 26.7 Å². The van der Waals surface area contributed by atoms with E-state index in [9.17, 15) is 8.42 Å². The molecule has 6 nitrogen and oxygen atoms in total. The van der Waals surface area contributed by atoms with Crippen LogP contribution in [0.15, 0.2) is 47.4 Å². The van der Waals surface area contributed by atoms with Crippen molar-refractivity contribution in [1.82, 2.24) is 9.21 Å². The van der Waals surface area contributed by atoms with Crippen LogP contribution in [0.5, 0.6) is 0 Å². The number of ether oxygens (including phenoxy) is 1. The molecular weight excluding hydrogens is 482 g/mol. The molecule has 2 aromatic carbocycles. The molecule has 0 atom stereocenters. The van der Waals surface area contributed by atoms with E-state index in [4.69, 9.17) is 16.3 Å². The first-order valence-corrected chi connectivity index (χ1v) is 14.5. The highest BCUT2D eigenvalue weighted by molar-refractivity contribution is 7.89. The van der Waals surface area contributed by atoms with Gasteiger partial charge >= 0.3 is 0 Å². The molecule has 0 unspecified atom stereocenters. The van der Waals surface area contributed by atoms with Crippen molar-refractivity contribution in [2.45, 2.75) is 56.0 Å². The fourth-order valence-electron chi connectivity index (χ4n) is 5.79. The van der Waals surface area contributed by atoms with Crippen LogP contribution in [-0.4, -0.2) is 69.6 Å². The van der Waals surface area contributed by atoms with Crippen molar-refractivity contribution in [3.63, 3.8) is 0 Å². The smallest absolute Gasteiger partial charge is 0.243 e. The second-order valence-corrected chi connectivity index (χ2v) is 13.0. The van der Waals surface area contributed by atoms with E-state index < -0.39 is 10.0 Å². The number of rotatable bonds is 4. The minimum Gasteiger partial charge on any atom is -0.379 e. The molecule has 0 radical (unpaired) electrons. The summed E-state index contributed by atoms with van der Waals surface area (Å²) in [6.45, 7) is 11.1. The van der Waals surface area contributed by atoms with Gasteiger partial charge in [-0.3, -0.25) is 4.90 Å². The highest BCUT2D eigenvalue weighted by Gasteiger charge is 2.34. The summed E-state index contributed by atoms with van der Waals surface area (Å²) in [5.41, 5.74) is 3.44. The molecule has 3 aliphatic heterocycles. The largest absolute Gasteiger partial charge is 0.379 e. The normalized spacial score (nSPS) is 22.5. The molecule has 0 aromatic heterocycles. The fraction of sp³-hybridized carbons (Fsp3) is 0.556. The van der Waals surface area contributed by atoms with Crippen molar-refractivity contribution in [3.05, 3.63) is 58.6 Å². The van der Waals surface area contributed by atoms with Crippen LogP contribution in [0.2, 0.25) is 5.02 Å². The summed E-state index contributed by atoms with van der Waals surface area (Å²) >= 11 is 6.12. The van der Waals surface area contributed by atoms with E-state index in [0.29, 0.717) is 24.2 Å². The van der Waals surface area contributed by atoms with Crippen molar-refractivity contribution in [2.75, 3.05) is 50.8 Å². The van der Waals surface area contributed by atoms with Gasteiger partial charge in [0.1, 0.15) is 0 Å². The maximum Gasteiger partial charge on any atom is 0.243 e. The first-order valence-electron chi connectivity index (χ1n) is 12.7. The first-order chi connectivity index (χ1) is 16.7. The molecule has 0 saturated carbocycles. The lowest BCUT2D eigenvalue weighted by molar-refractivity contribution is 0.0115. The Hall–Kier alpha value is -1.64. The molecule has 2 aromatic rings. The zero-order valence-electron chi connectivity index (χ0n) is 20.7. The molecule has 35 heavy (non-hydrogen) atoms. The van der Waals surface area contributed by atoms with Crippen LogP contribution < -0.4 is 4.90 Å². The number of sulfonamides is 1. The fourth-order valence-corrected chi connectivity index (χ4v) is 7.51. The Morgan fingerprint density at radius 1 is 0.971 bits per heavy atom. The molecular formula is C27H36ClN3O3S. The van der Waals surface area contributed by atoms with Gasteiger partial charge in [0.15, 0.2) is 0 Å². The maximum absolute atomic E-state index is 13.5. The summed E-state index contributed by atoms with van der Waals surface area (Å²) in [6, 6.07) is 13.9. The second kappa shape index (κ2) is 10.0. The van der Waals surface area contributed by atoms with Crippen molar-refractivity contribution in [1.29, 1.82) is 0 Å². The monoisotopic (exact) mass is 517 g/mol. The molecule has 5 rings (SSSR count). The minimum atomic E-state index is -3.64. The van der Waals surface area contributed by atoms with Crippen LogP contribution in [0.25, 0.3) is 0 Å². The highest BCUT2D eigenvalue weighted by atomic mass is 35.5. The van der Waals surface area contributed by atoms with Gasteiger partial charge in [-0.2, -0.15) is 4.31 Å². The highest BCUT2D eigenvalue weighted by Crippen LogP contribution is 2.38. The van der Waals surface area contributed by atoms with E-state index in [1.807, 2.05) is 0 Å². The Morgan fingerprint density at radius 3 is 2.43 bits per heavy atom. The summed E-state index contributed by atoms with van der Waals surface area (Å²) in [7, 11) is -3.64. The van der Waals surface area contributed by atoms with E-state index in [1.54, 1.807) is 28.6 Å². The average Bonchev–Trinajstić information content (AvgIpc) is 3.00. The molecule has 8 heteroatoms. The zero-order valence-corrected chi connectivity index (χ0v) is 22.3. The Kier molecular flexibility index (Phi) is 7.16. The first kappa shape index (κ1) is 25.0. The van der Waals surface area contributed by atoms with E-state index in [1.165, 1.54) is 11.3 Å². The Balaban J connectivity index is 1.37. The zero-order chi connectivity index (χ0) is 24.6. The standard InChI is InChI=1S/C27H36ClN3O3S/c1-27(2)10-13-31(35(32,33)25-5-3-4-22(28)19-25)20-21-18-24(6-7-26(21)27)29-11-8-23(9-12-29)30-14-16-34-17-15-30/h3-7,18-19,23H,8-17,20H2,1-2H3. The second-order valence-electron chi connectivity index (χ2n) is 10.6. The van der Waals surface area contributed by atoms with Gasteiger partial charge in [-0.05, 0) is 66.1 Å². The molecule has 2 fully saturated rings. The van der Waals surface area contributed by atoms with Gasteiger partial charge in [-0.15, -0.1) is 0 Å². The lowest BCUT2D eigenvalue weighted by Gasteiger charge is -2.41. The third kappa shape index (κ3) is 5.25. The number of nitrogens with zero attached hydrogens (tertiary/aromatic N) is 3. The van der Waals surface area contributed by atoms with E-state index >= 15 is 0 Å². The summed E-state index contributed by atoms with van der Waals surface area (Å²) in [5.74, 6) is 0. The molecule has 3 heterocycles. The Bertz CT molecular complexity index is 1160. The van der Waals surface area contributed by atoms with Crippen LogP contribution in [0.3, 0.4) is 0 Å². The summed E-state index contributed by atoms with van der Waals surface area (Å²) in [4.78, 5) is 5.30. The summed E-state index contributed by atoms with van der Waals surface area (Å²) in [6.07, 6.45) is 3.07. The van der Waals surface area contributed by atoms with Gasteiger partial charge in [0.05, 0.1) is 18.1 Å². The third-order valence-corrected chi connectivity index (χ3v) is 10.1. The molecule has 0 aliphatic carbocycles. The van der Waals surface area contributed by atoms with Crippen LogP contribution in [0, 0.1) is 0 Å². The molecule has 3 aliphatic rings. The number of benzene rings is 2. The van der Waals surface area contributed by atoms with E-state index in [2.05, 4.69) is 41.8 Å². The molecule has 190 valence electrons. The lowest BCUT2D eigenvalue weighted by atomic mass is 9.80. The SMILES string of the molecule is CC1(C)CCN(S(=O)(=O)c2cccc(Cl)c2)Cc2cc(N3CCC(N4CCOCC4)CC3)ccc21. The van der Waals surface area contributed by atoms with Gasteiger partial charge in [0.2, 0.25) is 10.0 Å². The molecule has 0 bridgehead atoms. The number of hydrogen-bond acceptors (Lipinski definition) is 5. The maximum atomic E-state index is 13.5. The molecule has 0 spiro atoms. The van der Waals surface area contributed by atoms with E-state index in [-0.39, 0.29) is 10.3 Å². The van der Waals surface area contributed by atoms with Crippen LogP contribution in [0.4, 0.5) is 5.69 Å². The predicted octanol–water partition coefficient (Wildman–Crippen LogP) is 4.51. The summed E-state index contributed by atoms with van der Waals surface area (Å²) < 4.78 is 34.2. The predicted molar refractivity (Wildman–Crippen MR) is 141 cm³/mol. The van der Waals surface area contributed by atoms with Crippen molar-refractivity contribution < 1.29 is 13.2 Å². The van der Waals surface area contributed by atoms with E-state index in [0.717, 1.165) is 64.2 Å². The molecule has 2 saturated heterocycles. The van der Waals surface area contributed by atoms with Gasteiger partial charge in [-0.25, -0.2) is 8.42 Å². The van der Waals surface area contributed by atoms with Gasteiger partial charge < -0.3 is 9.64 Å². The Labute approximate surface area is 214 Å². The summed E-state index contributed by atoms with van der Waals surface area (Å²) in [5, 5.41) is 0.435.